The molecule has 0 saturated carbocycles. The first-order valence-corrected chi connectivity index (χ1v) is 4.33. The van der Waals surface area contributed by atoms with Crippen LogP contribution in [0.4, 0.5) is 0 Å². The molecule has 0 bridgehead atoms. The molecule has 1 aromatic rings. The van der Waals surface area contributed by atoms with Gasteiger partial charge in [-0.2, -0.15) is 5.10 Å². The zero-order valence-corrected chi connectivity index (χ0v) is 8.26. The second-order valence-corrected chi connectivity index (χ2v) is 3.55. The maximum Gasteiger partial charge on any atom is 0.154 e. The number of aromatic nitrogens is 3. The van der Waals surface area contributed by atoms with Gasteiger partial charge in [-0.15, -0.1) is 5.10 Å². The Balaban J connectivity index is 2.86. The highest BCUT2D eigenvalue weighted by Crippen LogP contribution is 2.13. The zero-order valence-electron chi connectivity index (χ0n) is 7.50. The van der Waals surface area contributed by atoms with E-state index in [0.29, 0.717) is 16.9 Å². The van der Waals surface area contributed by atoms with E-state index in [0.717, 1.165) is 12.1 Å². The van der Waals surface area contributed by atoms with Gasteiger partial charge >= 0.3 is 0 Å². The lowest BCUT2D eigenvalue weighted by molar-refractivity contribution is 0.622. The van der Waals surface area contributed by atoms with Crippen molar-refractivity contribution in [3.05, 3.63) is 16.7 Å². The predicted octanol–water partition coefficient (Wildman–Crippen LogP) is 2.03. The molecule has 0 aliphatic carbocycles. The van der Waals surface area contributed by atoms with Crippen LogP contribution in [0.25, 0.3) is 0 Å². The molecule has 0 aliphatic heterocycles. The highest BCUT2D eigenvalue weighted by atomic mass is 35.5. The summed E-state index contributed by atoms with van der Waals surface area (Å²) in [7, 11) is 0. The van der Waals surface area contributed by atoms with Gasteiger partial charge < -0.3 is 0 Å². The molecule has 0 amide bonds. The summed E-state index contributed by atoms with van der Waals surface area (Å²) in [5.41, 5.74) is 0.789. The largest absolute Gasteiger partial charge is 0.218 e. The highest BCUT2D eigenvalue weighted by molar-refractivity contribution is 6.29. The van der Waals surface area contributed by atoms with Crippen LogP contribution in [0.1, 0.15) is 25.4 Å². The minimum Gasteiger partial charge on any atom is -0.218 e. The van der Waals surface area contributed by atoms with E-state index in [1.807, 2.05) is 0 Å². The molecular formula is C8H12ClN3. The summed E-state index contributed by atoms with van der Waals surface area (Å²) in [4.78, 5) is 4.02. The van der Waals surface area contributed by atoms with Crippen molar-refractivity contribution >= 4 is 11.6 Å². The second-order valence-electron chi connectivity index (χ2n) is 3.19. The predicted molar refractivity (Wildman–Crippen MR) is 48.1 cm³/mol. The molecule has 0 atom stereocenters. The van der Waals surface area contributed by atoms with E-state index < -0.39 is 0 Å². The lowest BCUT2D eigenvalue weighted by Crippen LogP contribution is -2.03. The number of halogens is 1. The van der Waals surface area contributed by atoms with Crippen LogP contribution in [0.5, 0.6) is 0 Å². The second kappa shape index (κ2) is 3.81. The molecule has 66 valence electrons. The number of hydrogen-bond acceptors (Lipinski definition) is 3. The smallest absolute Gasteiger partial charge is 0.154 e. The monoisotopic (exact) mass is 185 g/mol. The molecule has 0 aromatic carbocycles. The normalized spacial score (nSPS) is 10.8. The van der Waals surface area contributed by atoms with Crippen molar-refractivity contribution in [1.29, 1.82) is 0 Å². The molecule has 4 heteroatoms. The van der Waals surface area contributed by atoms with Gasteiger partial charge in [-0.1, -0.05) is 25.4 Å². The molecule has 1 rings (SSSR count). The minimum absolute atomic E-state index is 0.483. The van der Waals surface area contributed by atoms with Crippen LogP contribution in [-0.4, -0.2) is 15.2 Å². The van der Waals surface area contributed by atoms with E-state index in [2.05, 4.69) is 29.0 Å². The Morgan fingerprint density at radius 2 is 2.00 bits per heavy atom. The van der Waals surface area contributed by atoms with Gasteiger partial charge in [-0.3, -0.25) is 0 Å². The lowest BCUT2D eigenvalue weighted by atomic mass is 10.1. The third kappa shape index (κ3) is 2.41. The van der Waals surface area contributed by atoms with E-state index in [9.17, 15) is 0 Å². The van der Waals surface area contributed by atoms with Crippen LogP contribution in [0.3, 0.4) is 0 Å². The van der Waals surface area contributed by atoms with Crippen molar-refractivity contribution < 1.29 is 0 Å². The van der Waals surface area contributed by atoms with E-state index in [1.165, 1.54) is 0 Å². The molecule has 12 heavy (non-hydrogen) atoms. The van der Waals surface area contributed by atoms with E-state index in [4.69, 9.17) is 11.6 Å². The molecule has 0 radical (unpaired) electrons. The Hall–Kier alpha value is -0.700. The maximum absolute atomic E-state index is 5.86. The Kier molecular flexibility index (Phi) is 2.98. The van der Waals surface area contributed by atoms with Crippen molar-refractivity contribution in [2.75, 3.05) is 0 Å². The van der Waals surface area contributed by atoms with Gasteiger partial charge in [0.25, 0.3) is 0 Å². The van der Waals surface area contributed by atoms with Gasteiger partial charge in [0.1, 0.15) is 11.5 Å². The third-order valence-corrected chi connectivity index (χ3v) is 1.72. The molecule has 0 aliphatic rings. The van der Waals surface area contributed by atoms with Gasteiger partial charge in [0.2, 0.25) is 0 Å². The van der Waals surface area contributed by atoms with Crippen LogP contribution in [-0.2, 0) is 6.42 Å². The van der Waals surface area contributed by atoms with Crippen LogP contribution >= 0.6 is 11.6 Å². The van der Waals surface area contributed by atoms with E-state index >= 15 is 0 Å². The average Bonchev–Trinajstić information content (AvgIpc) is 1.94. The Morgan fingerprint density at radius 3 is 2.50 bits per heavy atom. The molecule has 1 aromatic heterocycles. The molecule has 0 N–H and O–H groups in total. The molecule has 0 saturated heterocycles. The summed E-state index contributed by atoms with van der Waals surface area (Å²) in [6.45, 7) is 5.99. The van der Waals surface area contributed by atoms with Gasteiger partial charge in [0.15, 0.2) is 5.15 Å². The zero-order chi connectivity index (χ0) is 9.14. The number of nitrogens with zero attached hydrogens (tertiary/aromatic N) is 3. The summed E-state index contributed by atoms with van der Waals surface area (Å²) in [6, 6.07) is 0. The van der Waals surface area contributed by atoms with Crippen LogP contribution in [0.15, 0.2) is 0 Å². The molecule has 0 fully saturated rings. The van der Waals surface area contributed by atoms with Crippen molar-refractivity contribution in [3.63, 3.8) is 0 Å². The summed E-state index contributed by atoms with van der Waals surface area (Å²) in [6.07, 6.45) is 0.832. The Labute approximate surface area is 77.2 Å². The molecule has 0 spiro atoms. The molecular weight excluding hydrogens is 174 g/mol. The van der Waals surface area contributed by atoms with Crippen molar-refractivity contribution in [2.24, 2.45) is 5.92 Å². The quantitative estimate of drug-likeness (QED) is 0.708. The fraction of sp³-hybridized carbons (Fsp3) is 0.625. The maximum atomic E-state index is 5.86. The highest BCUT2D eigenvalue weighted by Gasteiger charge is 2.06. The summed E-state index contributed by atoms with van der Waals surface area (Å²) < 4.78 is 0. The average molecular weight is 186 g/mol. The van der Waals surface area contributed by atoms with Gasteiger partial charge in [0.05, 0.1) is 0 Å². The third-order valence-electron chi connectivity index (χ3n) is 1.42. The first-order chi connectivity index (χ1) is 5.59. The van der Waals surface area contributed by atoms with Crippen LogP contribution in [0, 0.1) is 12.8 Å². The Bertz CT molecular complexity index is 273. The minimum atomic E-state index is 0.483. The first-order valence-electron chi connectivity index (χ1n) is 3.95. The standard InChI is InChI=1S/C8H12ClN3/c1-5(2)4-7-8(9)10-6(3)11-12-7/h5H,4H2,1-3H3. The van der Waals surface area contributed by atoms with E-state index in [1.54, 1.807) is 6.92 Å². The van der Waals surface area contributed by atoms with E-state index in [-0.39, 0.29) is 0 Å². The number of aryl methyl sites for hydroxylation is 1. The van der Waals surface area contributed by atoms with Crippen molar-refractivity contribution in [2.45, 2.75) is 27.2 Å². The lowest BCUT2D eigenvalue weighted by Gasteiger charge is -2.04. The molecule has 3 nitrogen and oxygen atoms in total. The fourth-order valence-electron chi connectivity index (χ4n) is 0.915. The fourth-order valence-corrected chi connectivity index (χ4v) is 1.15. The van der Waals surface area contributed by atoms with Gasteiger partial charge in [0, 0.05) is 0 Å². The van der Waals surface area contributed by atoms with Gasteiger partial charge in [-0.05, 0) is 19.3 Å². The summed E-state index contributed by atoms with van der Waals surface area (Å²) in [5.74, 6) is 1.15. The van der Waals surface area contributed by atoms with Crippen LogP contribution < -0.4 is 0 Å². The van der Waals surface area contributed by atoms with Crippen molar-refractivity contribution in [1.82, 2.24) is 15.2 Å². The first kappa shape index (κ1) is 9.39. The number of hydrogen-bond donors (Lipinski definition) is 0. The Morgan fingerprint density at radius 1 is 1.33 bits per heavy atom. The summed E-state index contributed by atoms with van der Waals surface area (Å²) in [5, 5.41) is 8.30. The van der Waals surface area contributed by atoms with Gasteiger partial charge in [-0.25, -0.2) is 4.98 Å². The molecule has 1 heterocycles. The van der Waals surface area contributed by atoms with Crippen LogP contribution in [0.2, 0.25) is 5.15 Å². The SMILES string of the molecule is Cc1nnc(CC(C)C)c(Cl)n1. The number of rotatable bonds is 2. The topological polar surface area (TPSA) is 38.7 Å². The summed E-state index contributed by atoms with van der Waals surface area (Å²) >= 11 is 5.86. The van der Waals surface area contributed by atoms with Crippen molar-refractivity contribution in [3.8, 4) is 0 Å². The molecule has 0 unspecified atom stereocenters.